The summed E-state index contributed by atoms with van der Waals surface area (Å²) in [6.07, 6.45) is -6.26. The van der Waals surface area contributed by atoms with Crippen molar-refractivity contribution in [3.8, 4) is 0 Å². The quantitative estimate of drug-likeness (QED) is 0.0385. The first-order valence-corrected chi connectivity index (χ1v) is 21.8. The van der Waals surface area contributed by atoms with Crippen LogP contribution in [0.5, 0.6) is 0 Å². The van der Waals surface area contributed by atoms with Gasteiger partial charge in [-0.15, -0.1) is 0 Å². The largest absolute Gasteiger partial charge is 0.490 e. The van der Waals surface area contributed by atoms with Gasteiger partial charge in [0.1, 0.15) is 24.1 Å². The zero-order valence-corrected chi connectivity index (χ0v) is 31.8. The Morgan fingerprint density at radius 2 is 1.19 bits per heavy atom. The van der Waals surface area contributed by atoms with Gasteiger partial charge in [0.2, 0.25) is 11.9 Å². The zero-order valence-electron chi connectivity index (χ0n) is 28.2. The van der Waals surface area contributed by atoms with Crippen LogP contribution < -0.4 is 28.5 Å². The molecule has 57 heavy (non-hydrogen) atoms. The minimum atomic E-state index is -6.12. The first-order chi connectivity index (χ1) is 26.6. The number of rotatable bonds is 16. The number of nitrogens with two attached hydrogens (primary N) is 3. The summed E-state index contributed by atoms with van der Waals surface area (Å²) in [4.78, 5) is 85.4. The lowest BCUT2D eigenvalue weighted by atomic mass is 9.91. The molecule has 2 fully saturated rings. The lowest BCUT2D eigenvalue weighted by Crippen LogP contribution is -2.35. The van der Waals surface area contributed by atoms with E-state index < -0.39 is 123 Å². The van der Waals surface area contributed by atoms with Crippen LogP contribution in [0.3, 0.4) is 0 Å². The molecule has 0 bridgehead atoms. The molecule has 31 nitrogen and oxygen atoms in total. The maximum absolute atomic E-state index is 12.8. The van der Waals surface area contributed by atoms with Crippen LogP contribution in [0.15, 0.2) is 22.2 Å². The second-order valence-electron chi connectivity index (χ2n) is 12.2. The van der Waals surface area contributed by atoms with E-state index in [4.69, 9.17) is 31.4 Å². The van der Waals surface area contributed by atoms with Crippen LogP contribution in [0.1, 0.15) is 12.5 Å². The third-order valence-electron chi connectivity index (χ3n) is 8.66. The number of aromatic amines is 2. The van der Waals surface area contributed by atoms with Crippen molar-refractivity contribution in [1.29, 1.82) is 0 Å². The fourth-order valence-electron chi connectivity index (χ4n) is 6.27. The zero-order chi connectivity index (χ0) is 41.8. The number of nitrogens with one attached hydrogen (secondary N) is 2. The Hall–Kier alpha value is -3.38. The third-order valence-corrected chi connectivity index (χ3v) is 14.6. The summed E-state index contributed by atoms with van der Waals surface area (Å²) in [5.74, 6) is 2.22. The molecule has 2 saturated heterocycles. The molecular weight excluding hydrogens is 862 g/mol. The van der Waals surface area contributed by atoms with E-state index in [1.807, 2.05) is 0 Å². The highest BCUT2D eigenvalue weighted by Crippen LogP contribution is 2.68. The van der Waals surface area contributed by atoms with Gasteiger partial charge in [-0.05, 0) is 0 Å². The maximum Gasteiger partial charge on any atom is 0.490 e. The Balaban J connectivity index is 1.11. The van der Waals surface area contributed by atoms with Gasteiger partial charge in [0.05, 0.1) is 38.6 Å². The summed E-state index contributed by atoms with van der Waals surface area (Å²) in [5.41, 5.74) is 6.77. The average molecular weight is 895 g/mol. The normalized spacial score (nSPS) is 29.6. The van der Waals surface area contributed by atoms with Crippen molar-refractivity contribution >= 4 is 65.3 Å². The highest BCUT2D eigenvalue weighted by Gasteiger charge is 2.56. The van der Waals surface area contributed by atoms with Gasteiger partial charge in [-0.25, -0.2) is 34.2 Å². The standard InChI is InChI=1S/C22H33N11O20P4/c23-21-28-15-11(17(37)30-21)26-5-32(15)19-8(2-35)7(1-34)9(49-19)3-47-55(41,42)52-57(45,46)53-56(43,44)48-4-10-14(54(39,40)51-25)13(36)20(50-10)33-6-27-12-16(33)29-22(24)31-18(12)38/h5-10,13-14,19-20,34-36H,1-4,25H2,(H,39,40)(H,41,42)(H,43,44)(H,45,46)(H3,23,28,30,37)(H3,24,29,31,38)/t7?,8?,9-,10-,13?,14?,19-,20-/m1/s1. The van der Waals surface area contributed by atoms with E-state index in [9.17, 15) is 62.7 Å². The molecular formula is C22H33N11O20P4. The Morgan fingerprint density at radius 1 is 0.737 bits per heavy atom. The number of phosphoric ester groups is 2. The molecule has 15 N–H and O–H groups in total. The summed E-state index contributed by atoms with van der Waals surface area (Å²) in [6.45, 7) is -3.66. The van der Waals surface area contributed by atoms with Gasteiger partial charge < -0.3 is 55.8 Å². The van der Waals surface area contributed by atoms with Crippen LogP contribution in [0.4, 0.5) is 11.9 Å². The van der Waals surface area contributed by atoms with Crippen LogP contribution in [0.25, 0.3) is 22.3 Å². The highest BCUT2D eigenvalue weighted by atomic mass is 31.3. The smallest absolute Gasteiger partial charge is 0.396 e. The number of phosphoric acid groups is 3. The van der Waals surface area contributed by atoms with Crippen molar-refractivity contribution in [2.75, 3.05) is 37.9 Å². The van der Waals surface area contributed by atoms with Gasteiger partial charge in [-0.3, -0.25) is 42.3 Å². The van der Waals surface area contributed by atoms with E-state index in [-0.39, 0.29) is 28.3 Å². The number of aliphatic hydroxyl groups is 3. The second kappa shape index (κ2) is 16.0. The number of hydrogen-bond acceptors (Lipinski definition) is 23. The number of aliphatic hydroxyl groups excluding tert-OH is 3. The first-order valence-electron chi connectivity index (χ1n) is 15.7. The molecule has 316 valence electrons. The SMILES string of the molecule is NOP(=O)(O)C1C(O)[C@H](n2cnc3c(=O)[nH]c(N)nc32)O[C@@H]1COP(=O)(O)OP(=O)(O)OP(=O)(O)OC[C@H]1O[C@@H](n2cnc3c(=O)[nH]c(N)nc32)C(CO)C1CO. The minimum absolute atomic E-state index is 0.0835. The number of imidazole rings is 2. The fraction of sp³-hybridized carbons (Fsp3) is 0.545. The Labute approximate surface area is 314 Å². The van der Waals surface area contributed by atoms with Crippen molar-refractivity contribution in [2.24, 2.45) is 17.7 Å². The monoisotopic (exact) mass is 895 g/mol. The summed E-state index contributed by atoms with van der Waals surface area (Å²) in [7, 11) is -22.8. The van der Waals surface area contributed by atoms with Gasteiger partial charge in [0, 0.05) is 18.4 Å². The lowest BCUT2D eigenvalue weighted by Gasteiger charge is -2.24. The molecule has 4 aromatic heterocycles. The Morgan fingerprint density at radius 3 is 1.67 bits per heavy atom. The molecule has 12 atom stereocenters. The number of aromatic nitrogens is 8. The number of hydrogen-bond donors (Lipinski definition) is 12. The number of nitrogens with zero attached hydrogens (tertiary/aromatic N) is 6. The summed E-state index contributed by atoms with van der Waals surface area (Å²) in [5, 5.41) is 31.1. The molecule has 0 aliphatic carbocycles. The van der Waals surface area contributed by atoms with Gasteiger partial charge in [-0.2, -0.15) is 18.6 Å². The molecule has 8 unspecified atom stereocenters. The average Bonchev–Trinajstić information content (AvgIpc) is 3.88. The van der Waals surface area contributed by atoms with E-state index in [0.29, 0.717) is 0 Å². The number of nitrogen functional groups attached to an aromatic ring is 2. The maximum atomic E-state index is 12.8. The number of anilines is 2. The predicted molar refractivity (Wildman–Crippen MR) is 183 cm³/mol. The van der Waals surface area contributed by atoms with Crippen LogP contribution in [-0.4, -0.2) is 124 Å². The molecule has 6 rings (SSSR count). The fourth-order valence-corrected chi connectivity index (χ4v) is 11.0. The molecule has 35 heteroatoms. The molecule has 4 aromatic rings. The lowest BCUT2D eigenvalue weighted by molar-refractivity contribution is -0.0482. The van der Waals surface area contributed by atoms with Gasteiger partial charge >= 0.3 is 31.1 Å². The van der Waals surface area contributed by atoms with Crippen molar-refractivity contribution in [1.82, 2.24) is 39.0 Å². The molecule has 0 amide bonds. The van der Waals surface area contributed by atoms with Crippen LogP contribution in [-0.2, 0) is 50.0 Å². The number of fused-ring (bicyclic) bond motifs is 2. The Kier molecular flexibility index (Phi) is 12.1. The van der Waals surface area contributed by atoms with Crippen molar-refractivity contribution < 1.29 is 84.9 Å². The van der Waals surface area contributed by atoms with Crippen LogP contribution in [0.2, 0.25) is 0 Å². The topological polar surface area (TPSA) is 480 Å². The molecule has 6 heterocycles. The van der Waals surface area contributed by atoms with Gasteiger partial charge in [-0.1, -0.05) is 0 Å². The summed E-state index contributed by atoms with van der Waals surface area (Å²) >= 11 is 0. The van der Waals surface area contributed by atoms with E-state index >= 15 is 0 Å². The van der Waals surface area contributed by atoms with E-state index in [0.717, 1.165) is 17.2 Å². The van der Waals surface area contributed by atoms with Gasteiger partial charge in [0.15, 0.2) is 28.6 Å². The number of H-pyrrole nitrogens is 2. The number of ether oxygens (including phenoxy) is 2. The van der Waals surface area contributed by atoms with Crippen molar-refractivity contribution in [2.45, 2.75) is 36.4 Å². The molecule has 2 aliphatic rings. The van der Waals surface area contributed by atoms with Crippen LogP contribution in [0, 0.1) is 11.8 Å². The highest BCUT2D eigenvalue weighted by molar-refractivity contribution is 7.66. The molecule has 0 spiro atoms. The van der Waals surface area contributed by atoms with E-state index in [1.54, 1.807) is 0 Å². The summed E-state index contributed by atoms with van der Waals surface area (Å²) in [6, 6.07) is 0. The molecule has 0 aromatic carbocycles. The first kappa shape index (κ1) is 43.2. The molecule has 0 radical (unpaired) electrons. The molecule has 0 saturated carbocycles. The van der Waals surface area contributed by atoms with E-state index in [1.165, 1.54) is 4.57 Å². The third kappa shape index (κ3) is 8.82. The van der Waals surface area contributed by atoms with Crippen LogP contribution >= 0.6 is 31.1 Å². The second-order valence-corrected chi connectivity index (χ2v) is 18.8. The van der Waals surface area contributed by atoms with Crippen molar-refractivity contribution in [3.63, 3.8) is 0 Å². The van der Waals surface area contributed by atoms with Gasteiger partial charge in [0.25, 0.3) is 11.1 Å². The predicted octanol–water partition coefficient (Wildman–Crippen LogP) is -3.40. The van der Waals surface area contributed by atoms with Crippen molar-refractivity contribution in [3.05, 3.63) is 33.4 Å². The summed E-state index contributed by atoms with van der Waals surface area (Å²) < 4.78 is 86.0. The molecule has 2 aliphatic heterocycles. The minimum Gasteiger partial charge on any atom is -0.396 e. The van der Waals surface area contributed by atoms with E-state index in [2.05, 4.69) is 47.7 Å². The Bertz CT molecular complexity index is 2460.